The van der Waals surface area contributed by atoms with E-state index in [1.807, 2.05) is 0 Å². The van der Waals surface area contributed by atoms with Gasteiger partial charge in [0.25, 0.3) is 0 Å². The van der Waals surface area contributed by atoms with Crippen LogP contribution in [0.1, 0.15) is 45.4 Å². The van der Waals surface area contributed by atoms with E-state index < -0.39 is 0 Å². The molecule has 1 saturated carbocycles. The molecule has 1 amide bonds. The monoisotopic (exact) mass is 240 g/mol. The van der Waals surface area contributed by atoms with E-state index in [9.17, 15) is 4.79 Å². The molecule has 1 saturated heterocycles. The molecule has 1 aliphatic heterocycles. The first-order valence-corrected chi connectivity index (χ1v) is 6.79. The summed E-state index contributed by atoms with van der Waals surface area (Å²) in [5, 5.41) is 3.17. The molecule has 3 unspecified atom stereocenters. The zero-order valence-corrected chi connectivity index (χ0v) is 10.7. The number of nitrogens with one attached hydrogen (secondary N) is 1. The maximum atomic E-state index is 12.1. The third-order valence-electron chi connectivity index (χ3n) is 4.09. The van der Waals surface area contributed by atoms with Crippen LogP contribution in [-0.2, 0) is 9.53 Å². The molecule has 0 aromatic carbocycles. The molecule has 17 heavy (non-hydrogen) atoms. The van der Waals surface area contributed by atoms with Crippen LogP contribution in [0.2, 0.25) is 0 Å². The van der Waals surface area contributed by atoms with Crippen molar-refractivity contribution in [2.75, 3.05) is 13.2 Å². The summed E-state index contributed by atoms with van der Waals surface area (Å²) in [6, 6.07) is 0. The molecule has 0 aromatic rings. The average Bonchev–Trinajstić information content (AvgIpc) is 2.82. The first-order valence-electron chi connectivity index (χ1n) is 6.79. The molecular formula is C13H24N2O2. The Morgan fingerprint density at radius 2 is 2.29 bits per heavy atom. The predicted octanol–water partition coefficient (Wildman–Crippen LogP) is 1.19. The van der Waals surface area contributed by atoms with E-state index in [1.165, 1.54) is 6.42 Å². The predicted molar refractivity (Wildman–Crippen MR) is 66.5 cm³/mol. The van der Waals surface area contributed by atoms with Crippen LogP contribution in [0, 0.1) is 5.92 Å². The fourth-order valence-corrected chi connectivity index (χ4v) is 3.14. The van der Waals surface area contributed by atoms with Gasteiger partial charge in [-0.2, -0.15) is 0 Å². The van der Waals surface area contributed by atoms with Gasteiger partial charge in [-0.05, 0) is 31.6 Å². The zero-order valence-electron chi connectivity index (χ0n) is 10.7. The molecule has 4 nitrogen and oxygen atoms in total. The van der Waals surface area contributed by atoms with Crippen molar-refractivity contribution in [2.24, 2.45) is 11.7 Å². The molecule has 98 valence electrons. The van der Waals surface area contributed by atoms with Crippen molar-refractivity contribution < 1.29 is 9.53 Å². The lowest BCUT2D eigenvalue weighted by atomic mass is 9.76. The van der Waals surface area contributed by atoms with Gasteiger partial charge < -0.3 is 15.8 Å². The van der Waals surface area contributed by atoms with Crippen molar-refractivity contribution in [1.82, 2.24) is 5.32 Å². The molecule has 2 aliphatic rings. The number of amides is 1. The lowest BCUT2D eigenvalue weighted by Gasteiger charge is -2.40. The van der Waals surface area contributed by atoms with E-state index in [4.69, 9.17) is 10.5 Å². The molecule has 3 atom stereocenters. The summed E-state index contributed by atoms with van der Waals surface area (Å²) >= 11 is 0. The van der Waals surface area contributed by atoms with Gasteiger partial charge in [0.15, 0.2) is 0 Å². The summed E-state index contributed by atoms with van der Waals surface area (Å²) in [4.78, 5) is 12.1. The standard InChI is InChI=1S/C13H24N2O2/c1-10-4-2-6-13(8-10,9-14)15-12(16)11-5-3-7-17-11/h10-11H,2-9,14H2,1H3,(H,15,16). The number of carbonyl (C=O) groups excluding carboxylic acids is 1. The van der Waals surface area contributed by atoms with E-state index in [0.29, 0.717) is 19.1 Å². The van der Waals surface area contributed by atoms with Gasteiger partial charge in [-0.1, -0.05) is 19.8 Å². The van der Waals surface area contributed by atoms with Crippen LogP contribution in [0.25, 0.3) is 0 Å². The molecular weight excluding hydrogens is 216 g/mol. The van der Waals surface area contributed by atoms with Crippen LogP contribution in [0.5, 0.6) is 0 Å². The first kappa shape index (κ1) is 12.8. The normalized spacial score (nSPS) is 38.0. The highest BCUT2D eigenvalue weighted by molar-refractivity contribution is 5.81. The van der Waals surface area contributed by atoms with E-state index in [-0.39, 0.29) is 17.6 Å². The van der Waals surface area contributed by atoms with Crippen molar-refractivity contribution in [1.29, 1.82) is 0 Å². The Labute approximate surface area is 103 Å². The van der Waals surface area contributed by atoms with E-state index in [0.717, 1.165) is 32.1 Å². The lowest BCUT2D eigenvalue weighted by Crippen LogP contribution is -2.58. The Morgan fingerprint density at radius 1 is 1.47 bits per heavy atom. The molecule has 2 fully saturated rings. The second-order valence-electron chi connectivity index (χ2n) is 5.68. The minimum atomic E-state index is -0.240. The minimum Gasteiger partial charge on any atom is -0.368 e. The molecule has 2 rings (SSSR count). The molecule has 0 aromatic heterocycles. The number of carbonyl (C=O) groups is 1. The molecule has 0 spiro atoms. The van der Waals surface area contributed by atoms with Crippen LogP contribution in [-0.4, -0.2) is 30.7 Å². The molecule has 3 N–H and O–H groups in total. The van der Waals surface area contributed by atoms with Crippen LogP contribution in [0.3, 0.4) is 0 Å². The maximum Gasteiger partial charge on any atom is 0.249 e. The number of nitrogens with two attached hydrogens (primary N) is 1. The highest BCUT2D eigenvalue weighted by atomic mass is 16.5. The van der Waals surface area contributed by atoms with Gasteiger partial charge >= 0.3 is 0 Å². The van der Waals surface area contributed by atoms with Gasteiger partial charge in [0, 0.05) is 13.2 Å². The lowest BCUT2D eigenvalue weighted by molar-refractivity contribution is -0.132. The summed E-state index contributed by atoms with van der Waals surface area (Å²) in [6.45, 7) is 3.49. The van der Waals surface area contributed by atoms with E-state index in [1.54, 1.807) is 0 Å². The van der Waals surface area contributed by atoms with Crippen LogP contribution in [0.15, 0.2) is 0 Å². The van der Waals surface area contributed by atoms with Crippen molar-refractivity contribution in [2.45, 2.75) is 57.1 Å². The number of hydrogen-bond donors (Lipinski definition) is 2. The average molecular weight is 240 g/mol. The summed E-state index contributed by atoms with van der Waals surface area (Å²) in [6.07, 6.45) is 6.01. The minimum absolute atomic E-state index is 0.0436. The third kappa shape index (κ3) is 2.99. The number of hydrogen-bond acceptors (Lipinski definition) is 3. The fraction of sp³-hybridized carbons (Fsp3) is 0.923. The smallest absolute Gasteiger partial charge is 0.249 e. The topological polar surface area (TPSA) is 64.3 Å². The Morgan fingerprint density at radius 3 is 2.88 bits per heavy atom. The molecule has 4 heteroatoms. The molecule has 0 bridgehead atoms. The summed E-state index contributed by atoms with van der Waals surface area (Å²) in [5.74, 6) is 0.694. The Bertz CT molecular complexity index is 277. The Hall–Kier alpha value is -0.610. The third-order valence-corrected chi connectivity index (χ3v) is 4.09. The van der Waals surface area contributed by atoms with E-state index in [2.05, 4.69) is 12.2 Å². The second-order valence-corrected chi connectivity index (χ2v) is 5.68. The van der Waals surface area contributed by atoms with E-state index >= 15 is 0 Å². The first-order chi connectivity index (χ1) is 8.15. The van der Waals surface area contributed by atoms with Gasteiger partial charge in [-0.15, -0.1) is 0 Å². The van der Waals surface area contributed by atoms with Crippen LogP contribution >= 0.6 is 0 Å². The van der Waals surface area contributed by atoms with Gasteiger partial charge in [0.05, 0.1) is 5.54 Å². The Kier molecular flexibility index (Phi) is 4.05. The zero-order chi connectivity index (χ0) is 12.3. The summed E-state index contributed by atoms with van der Waals surface area (Å²) in [5.41, 5.74) is 5.71. The Balaban J connectivity index is 1.95. The summed E-state index contributed by atoms with van der Waals surface area (Å²) < 4.78 is 5.42. The van der Waals surface area contributed by atoms with Crippen molar-refractivity contribution in [3.05, 3.63) is 0 Å². The van der Waals surface area contributed by atoms with Crippen LogP contribution in [0.4, 0.5) is 0 Å². The molecule has 0 radical (unpaired) electrons. The summed E-state index contributed by atoms with van der Waals surface area (Å²) in [7, 11) is 0. The fourth-order valence-electron chi connectivity index (χ4n) is 3.14. The van der Waals surface area contributed by atoms with Crippen molar-refractivity contribution >= 4 is 5.91 Å². The second kappa shape index (κ2) is 5.36. The van der Waals surface area contributed by atoms with Gasteiger partial charge in [-0.3, -0.25) is 4.79 Å². The highest BCUT2D eigenvalue weighted by Crippen LogP contribution is 2.32. The van der Waals surface area contributed by atoms with Gasteiger partial charge in [0.1, 0.15) is 6.10 Å². The molecule has 1 aliphatic carbocycles. The number of ether oxygens (including phenoxy) is 1. The van der Waals surface area contributed by atoms with Crippen LogP contribution < -0.4 is 11.1 Å². The highest BCUT2D eigenvalue weighted by Gasteiger charge is 2.37. The quantitative estimate of drug-likeness (QED) is 0.779. The maximum absolute atomic E-state index is 12.1. The molecule has 1 heterocycles. The number of rotatable bonds is 3. The van der Waals surface area contributed by atoms with Crippen molar-refractivity contribution in [3.8, 4) is 0 Å². The van der Waals surface area contributed by atoms with Gasteiger partial charge in [0.2, 0.25) is 5.91 Å². The largest absolute Gasteiger partial charge is 0.368 e. The van der Waals surface area contributed by atoms with Crippen molar-refractivity contribution in [3.63, 3.8) is 0 Å². The van der Waals surface area contributed by atoms with Gasteiger partial charge in [-0.25, -0.2) is 0 Å². The SMILES string of the molecule is CC1CCCC(CN)(NC(=O)C2CCCO2)C1.